The average Bonchev–Trinajstić information content (AvgIpc) is 2.83. The number of hydrogen-bond donors (Lipinski definition) is 1. The molecule has 0 aromatic heterocycles. The van der Waals surface area contributed by atoms with Crippen LogP contribution in [-0.4, -0.2) is 5.11 Å². The first-order chi connectivity index (χ1) is 6.60. The topological polar surface area (TPSA) is 44.0 Å². The molecule has 0 radical (unpaired) electrons. The molecule has 1 aromatic rings. The molecule has 0 heterocycles. The minimum atomic E-state index is -0.364. The number of nitriles is 1. The van der Waals surface area contributed by atoms with Gasteiger partial charge in [0.1, 0.15) is 5.75 Å². The zero-order valence-corrected chi connectivity index (χ0v) is 8.54. The van der Waals surface area contributed by atoms with Crippen molar-refractivity contribution in [3.05, 3.63) is 28.8 Å². The molecule has 0 spiro atoms. The molecule has 2 atom stereocenters. The number of aromatic hydroxyl groups is 1. The molecule has 1 saturated carbocycles. The quantitative estimate of drug-likeness (QED) is 0.770. The fraction of sp³-hybridized carbons (Fsp3) is 0.364. The van der Waals surface area contributed by atoms with Gasteiger partial charge in [0.05, 0.1) is 16.5 Å². The predicted molar refractivity (Wildman–Crippen MR) is 54.2 cm³/mol. The maximum Gasteiger partial charge on any atom is 0.134 e. The lowest BCUT2D eigenvalue weighted by Crippen LogP contribution is -2.05. The molecule has 0 saturated heterocycles. The monoisotopic (exact) mass is 207 g/mol. The first-order valence-corrected chi connectivity index (χ1v) is 4.88. The van der Waals surface area contributed by atoms with Gasteiger partial charge in [0.2, 0.25) is 0 Å². The van der Waals surface area contributed by atoms with E-state index in [2.05, 4.69) is 6.07 Å². The van der Waals surface area contributed by atoms with Gasteiger partial charge >= 0.3 is 0 Å². The maximum atomic E-state index is 9.25. The summed E-state index contributed by atoms with van der Waals surface area (Å²) in [6.07, 6.45) is 0.880. The number of nitrogens with zero attached hydrogens (tertiary/aromatic N) is 1. The van der Waals surface area contributed by atoms with Crippen molar-refractivity contribution in [1.29, 1.82) is 5.26 Å². The SMILES string of the molecule is CC1C[C@]1(C#N)c1ccc(O)c(Cl)c1. The van der Waals surface area contributed by atoms with E-state index >= 15 is 0 Å². The van der Waals surface area contributed by atoms with Gasteiger partial charge in [0, 0.05) is 0 Å². The number of phenols is 1. The molecule has 3 heteroatoms. The van der Waals surface area contributed by atoms with Crippen LogP contribution < -0.4 is 0 Å². The minimum Gasteiger partial charge on any atom is -0.506 e. The van der Waals surface area contributed by atoms with Crippen LogP contribution >= 0.6 is 11.6 Å². The van der Waals surface area contributed by atoms with Crippen molar-refractivity contribution < 1.29 is 5.11 Å². The lowest BCUT2D eigenvalue weighted by atomic mass is 9.95. The first-order valence-electron chi connectivity index (χ1n) is 4.50. The number of benzene rings is 1. The lowest BCUT2D eigenvalue weighted by Gasteiger charge is -2.08. The molecule has 1 fully saturated rings. The summed E-state index contributed by atoms with van der Waals surface area (Å²) in [5.74, 6) is 0.449. The van der Waals surface area contributed by atoms with Crippen LogP contribution in [0.15, 0.2) is 18.2 Å². The van der Waals surface area contributed by atoms with E-state index in [-0.39, 0.29) is 11.2 Å². The normalized spacial score (nSPS) is 29.6. The molecule has 2 rings (SSSR count). The van der Waals surface area contributed by atoms with Crippen molar-refractivity contribution in [3.8, 4) is 11.8 Å². The molecule has 14 heavy (non-hydrogen) atoms. The molecule has 1 unspecified atom stereocenters. The molecule has 0 aliphatic heterocycles. The Labute approximate surface area is 87.7 Å². The molecular formula is C11H10ClNO. The summed E-state index contributed by atoms with van der Waals surface area (Å²) >= 11 is 5.79. The largest absolute Gasteiger partial charge is 0.506 e. The second kappa shape index (κ2) is 2.90. The fourth-order valence-corrected chi connectivity index (χ4v) is 2.01. The Morgan fingerprint density at radius 2 is 2.29 bits per heavy atom. The summed E-state index contributed by atoms with van der Waals surface area (Å²) in [5, 5.41) is 18.7. The van der Waals surface area contributed by atoms with Crippen LogP contribution in [0.5, 0.6) is 5.75 Å². The molecule has 2 nitrogen and oxygen atoms in total. The summed E-state index contributed by atoms with van der Waals surface area (Å²) in [6.45, 7) is 2.05. The third-order valence-corrected chi connectivity index (χ3v) is 3.27. The van der Waals surface area contributed by atoms with Gasteiger partial charge in [-0.15, -0.1) is 0 Å². The van der Waals surface area contributed by atoms with Crippen molar-refractivity contribution in [2.45, 2.75) is 18.8 Å². The second-order valence-electron chi connectivity index (χ2n) is 3.85. The highest BCUT2D eigenvalue weighted by atomic mass is 35.5. The van der Waals surface area contributed by atoms with Crippen LogP contribution in [0, 0.1) is 17.2 Å². The third-order valence-electron chi connectivity index (χ3n) is 2.97. The Hall–Kier alpha value is -1.20. The number of hydrogen-bond acceptors (Lipinski definition) is 2. The van der Waals surface area contributed by atoms with Crippen LogP contribution in [0.3, 0.4) is 0 Å². The minimum absolute atomic E-state index is 0.0665. The number of phenolic OH excluding ortho intramolecular Hbond substituents is 1. The summed E-state index contributed by atoms with van der Waals surface area (Å²) in [4.78, 5) is 0. The highest BCUT2D eigenvalue weighted by Gasteiger charge is 2.53. The Morgan fingerprint density at radius 3 is 2.71 bits per heavy atom. The van der Waals surface area contributed by atoms with Gasteiger partial charge in [0.15, 0.2) is 0 Å². The van der Waals surface area contributed by atoms with E-state index < -0.39 is 0 Å². The number of rotatable bonds is 1. The Balaban J connectivity index is 2.44. The molecule has 1 aliphatic rings. The van der Waals surface area contributed by atoms with Gasteiger partial charge in [-0.3, -0.25) is 0 Å². The van der Waals surface area contributed by atoms with Gasteiger partial charge in [-0.05, 0) is 30.0 Å². The van der Waals surface area contributed by atoms with Crippen molar-refractivity contribution in [2.24, 2.45) is 5.92 Å². The molecule has 1 aliphatic carbocycles. The summed E-state index contributed by atoms with van der Waals surface area (Å²) in [6, 6.07) is 7.32. The van der Waals surface area contributed by atoms with E-state index in [1.54, 1.807) is 18.2 Å². The summed E-state index contributed by atoms with van der Waals surface area (Å²) < 4.78 is 0. The molecule has 0 amide bonds. The highest BCUT2D eigenvalue weighted by molar-refractivity contribution is 6.32. The zero-order chi connectivity index (χ0) is 10.3. The molecule has 0 bridgehead atoms. The van der Waals surface area contributed by atoms with Crippen LogP contribution in [-0.2, 0) is 5.41 Å². The smallest absolute Gasteiger partial charge is 0.134 e. The summed E-state index contributed by atoms with van der Waals surface area (Å²) in [5.41, 5.74) is 0.549. The van der Waals surface area contributed by atoms with E-state index in [4.69, 9.17) is 16.9 Å². The van der Waals surface area contributed by atoms with Gasteiger partial charge in [-0.1, -0.05) is 24.6 Å². The van der Waals surface area contributed by atoms with E-state index in [0.717, 1.165) is 12.0 Å². The van der Waals surface area contributed by atoms with E-state index in [1.165, 1.54) is 0 Å². The Morgan fingerprint density at radius 1 is 1.64 bits per heavy atom. The Bertz CT molecular complexity index is 424. The molecular weight excluding hydrogens is 198 g/mol. The second-order valence-corrected chi connectivity index (χ2v) is 4.26. The highest BCUT2D eigenvalue weighted by Crippen LogP contribution is 2.54. The first kappa shape index (κ1) is 9.36. The lowest BCUT2D eigenvalue weighted by molar-refractivity contribution is 0.475. The third kappa shape index (κ3) is 1.17. The van der Waals surface area contributed by atoms with E-state index in [9.17, 15) is 5.11 Å². The van der Waals surface area contributed by atoms with Crippen LogP contribution in [0.25, 0.3) is 0 Å². The van der Waals surface area contributed by atoms with Crippen molar-refractivity contribution in [3.63, 3.8) is 0 Å². The van der Waals surface area contributed by atoms with Crippen LogP contribution in [0.1, 0.15) is 18.9 Å². The van der Waals surface area contributed by atoms with Crippen LogP contribution in [0.2, 0.25) is 5.02 Å². The number of halogens is 1. The van der Waals surface area contributed by atoms with Gasteiger partial charge < -0.3 is 5.11 Å². The molecule has 72 valence electrons. The van der Waals surface area contributed by atoms with E-state index in [1.807, 2.05) is 6.92 Å². The Kier molecular flexibility index (Phi) is 1.94. The van der Waals surface area contributed by atoms with Crippen molar-refractivity contribution in [2.75, 3.05) is 0 Å². The molecule has 1 N–H and O–H groups in total. The van der Waals surface area contributed by atoms with Crippen LogP contribution in [0.4, 0.5) is 0 Å². The average molecular weight is 208 g/mol. The van der Waals surface area contributed by atoms with E-state index in [0.29, 0.717) is 10.9 Å². The molecule has 1 aromatic carbocycles. The predicted octanol–water partition coefficient (Wildman–Crippen LogP) is 2.85. The van der Waals surface area contributed by atoms with Crippen molar-refractivity contribution >= 4 is 11.6 Å². The maximum absolute atomic E-state index is 9.25. The van der Waals surface area contributed by atoms with Gasteiger partial charge in [0.25, 0.3) is 0 Å². The van der Waals surface area contributed by atoms with Gasteiger partial charge in [-0.2, -0.15) is 5.26 Å². The fourth-order valence-electron chi connectivity index (χ4n) is 1.83. The van der Waals surface area contributed by atoms with Crippen molar-refractivity contribution in [1.82, 2.24) is 0 Å². The standard InChI is InChI=1S/C11H10ClNO/c1-7-5-11(7,6-13)8-2-3-10(14)9(12)4-8/h2-4,7,14H,5H2,1H3/t7?,11-/m1/s1. The summed E-state index contributed by atoms with van der Waals surface area (Å²) in [7, 11) is 0. The zero-order valence-electron chi connectivity index (χ0n) is 7.79. The van der Waals surface area contributed by atoms with Gasteiger partial charge in [-0.25, -0.2) is 0 Å².